The molecule has 0 aliphatic carbocycles. The summed E-state index contributed by atoms with van der Waals surface area (Å²) in [5, 5.41) is 13.8. The summed E-state index contributed by atoms with van der Waals surface area (Å²) in [5.41, 5.74) is 0.876. The summed E-state index contributed by atoms with van der Waals surface area (Å²) in [7, 11) is 4.63. The summed E-state index contributed by atoms with van der Waals surface area (Å²) >= 11 is 0. The number of carbonyl (C=O) groups excluding carboxylic acids is 1. The van der Waals surface area contributed by atoms with Crippen molar-refractivity contribution in [3.63, 3.8) is 0 Å². The van der Waals surface area contributed by atoms with Gasteiger partial charge in [-0.25, -0.2) is 4.79 Å². The zero-order valence-electron chi connectivity index (χ0n) is 14.2. The lowest BCUT2D eigenvalue weighted by molar-refractivity contribution is -0.137. The maximum absolute atomic E-state index is 11.6. The van der Waals surface area contributed by atoms with Gasteiger partial charge in [0.15, 0.2) is 11.5 Å². The first-order chi connectivity index (χ1) is 11.5. The summed E-state index contributed by atoms with van der Waals surface area (Å²) in [6, 6.07) is 3.30. The Morgan fingerprint density at radius 2 is 1.67 bits per heavy atom. The van der Waals surface area contributed by atoms with E-state index in [-0.39, 0.29) is 12.5 Å². The van der Waals surface area contributed by atoms with Gasteiger partial charge in [0.05, 0.1) is 21.3 Å². The van der Waals surface area contributed by atoms with Crippen LogP contribution < -0.4 is 24.8 Å². The lowest BCUT2D eigenvalue weighted by atomic mass is 10.1. The van der Waals surface area contributed by atoms with E-state index in [2.05, 4.69) is 10.6 Å². The number of hydrogen-bond acceptors (Lipinski definition) is 5. The monoisotopic (exact) mass is 340 g/mol. The van der Waals surface area contributed by atoms with Gasteiger partial charge in [0.25, 0.3) is 0 Å². The second-order valence-electron chi connectivity index (χ2n) is 4.92. The number of hydrogen-bond donors (Lipinski definition) is 3. The fraction of sp³-hybridized carbons (Fsp3) is 0.500. The highest BCUT2D eigenvalue weighted by Crippen LogP contribution is 2.39. The van der Waals surface area contributed by atoms with E-state index in [4.69, 9.17) is 19.3 Å². The molecule has 0 radical (unpaired) electrons. The van der Waals surface area contributed by atoms with Crippen molar-refractivity contribution in [2.45, 2.75) is 19.3 Å². The fourth-order valence-electron chi connectivity index (χ4n) is 2.17. The van der Waals surface area contributed by atoms with Crippen LogP contribution in [0.25, 0.3) is 0 Å². The molecule has 0 saturated carbocycles. The molecule has 0 heterocycles. The van der Waals surface area contributed by atoms with E-state index in [0.717, 1.165) is 5.56 Å². The van der Waals surface area contributed by atoms with E-state index < -0.39 is 5.97 Å². The summed E-state index contributed by atoms with van der Waals surface area (Å²) in [6.45, 7) is 0.717. The topological polar surface area (TPSA) is 106 Å². The minimum absolute atomic E-state index is 0.0309. The van der Waals surface area contributed by atoms with Gasteiger partial charge in [0.2, 0.25) is 5.75 Å². The van der Waals surface area contributed by atoms with Crippen molar-refractivity contribution in [2.24, 2.45) is 0 Å². The molecule has 0 aliphatic rings. The van der Waals surface area contributed by atoms with E-state index in [1.807, 2.05) is 6.07 Å². The molecule has 0 bridgehead atoms. The first kappa shape index (κ1) is 19.4. The Balaban J connectivity index is 2.50. The maximum Gasteiger partial charge on any atom is 0.314 e. The minimum Gasteiger partial charge on any atom is -0.493 e. The Morgan fingerprint density at radius 1 is 1.00 bits per heavy atom. The largest absolute Gasteiger partial charge is 0.493 e. The Labute approximate surface area is 141 Å². The smallest absolute Gasteiger partial charge is 0.314 e. The average Bonchev–Trinajstić information content (AvgIpc) is 2.57. The van der Waals surface area contributed by atoms with Gasteiger partial charge in [-0.05, 0) is 18.9 Å². The second kappa shape index (κ2) is 10.2. The molecule has 8 nitrogen and oxygen atoms in total. The Bertz CT molecular complexity index is 562. The number of amides is 2. The predicted octanol–water partition coefficient (Wildman–Crippen LogP) is 1.42. The number of carboxylic acids is 1. The van der Waals surface area contributed by atoms with Crippen LogP contribution in [0.15, 0.2) is 12.1 Å². The van der Waals surface area contributed by atoms with Gasteiger partial charge in [-0.1, -0.05) is 6.07 Å². The van der Waals surface area contributed by atoms with Gasteiger partial charge in [-0.15, -0.1) is 0 Å². The SMILES string of the molecule is COc1ccc(CCNC(=O)NCCCC(=O)O)c(OC)c1OC. The molecule has 1 aromatic carbocycles. The molecule has 0 aliphatic heterocycles. The third-order valence-electron chi connectivity index (χ3n) is 3.32. The molecule has 24 heavy (non-hydrogen) atoms. The number of methoxy groups -OCH3 is 3. The second-order valence-corrected chi connectivity index (χ2v) is 4.92. The molecular formula is C16H24N2O6. The normalized spacial score (nSPS) is 9.96. The van der Waals surface area contributed by atoms with Crippen molar-refractivity contribution in [2.75, 3.05) is 34.4 Å². The van der Waals surface area contributed by atoms with Crippen LogP contribution in [0, 0.1) is 0 Å². The number of urea groups is 1. The van der Waals surface area contributed by atoms with E-state index >= 15 is 0 Å². The Morgan fingerprint density at radius 3 is 2.25 bits per heavy atom. The predicted molar refractivity (Wildman–Crippen MR) is 88.1 cm³/mol. The molecule has 3 N–H and O–H groups in total. The highest BCUT2D eigenvalue weighted by molar-refractivity contribution is 5.74. The van der Waals surface area contributed by atoms with E-state index in [1.165, 1.54) is 7.11 Å². The third kappa shape index (κ3) is 5.86. The quantitative estimate of drug-likeness (QED) is 0.556. The number of benzene rings is 1. The van der Waals surface area contributed by atoms with E-state index in [1.54, 1.807) is 20.3 Å². The average molecular weight is 340 g/mol. The molecule has 0 saturated heterocycles. The summed E-state index contributed by atoms with van der Waals surface area (Å²) in [5.74, 6) is 0.774. The number of carbonyl (C=O) groups is 2. The molecule has 1 aromatic rings. The molecule has 1 rings (SSSR count). The molecule has 0 aromatic heterocycles. The van der Waals surface area contributed by atoms with Crippen molar-refractivity contribution in [3.8, 4) is 17.2 Å². The summed E-state index contributed by atoms with van der Waals surface area (Å²) < 4.78 is 15.9. The molecule has 0 atom stereocenters. The third-order valence-corrected chi connectivity index (χ3v) is 3.32. The van der Waals surface area contributed by atoms with Gasteiger partial charge in [0.1, 0.15) is 0 Å². The van der Waals surface area contributed by atoms with Gasteiger partial charge >= 0.3 is 12.0 Å². The fourth-order valence-corrected chi connectivity index (χ4v) is 2.17. The van der Waals surface area contributed by atoms with Crippen LogP contribution in [-0.4, -0.2) is 51.5 Å². The van der Waals surface area contributed by atoms with Crippen molar-refractivity contribution in [1.82, 2.24) is 10.6 Å². The van der Waals surface area contributed by atoms with Crippen LogP contribution in [0.5, 0.6) is 17.2 Å². The molecular weight excluding hydrogens is 316 g/mol. The number of aliphatic carboxylic acids is 1. The van der Waals surface area contributed by atoms with Crippen LogP contribution in [0.3, 0.4) is 0 Å². The summed E-state index contributed by atoms with van der Waals surface area (Å²) in [6.07, 6.45) is 0.974. The van der Waals surface area contributed by atoms with Gasteiger partial charge < -0.3 is 30.0 Å². The standard InChI is InChI=1S/C16H24N2O6/c1-22-12-7-6-11(14(23-2)15(12)24-3)8-10-18-16(21)17-9-4-5-13(19)20/h6-7H,4-5,8-10H2,1-3H3,(H,19,20)(H2,17,18,21). The van der Waals surface area contributed by atoms with Crippen LogP contribution in [0.2, 0.25) is 0 Å². The molecule has 0 spiro atoms. The number of nitrogens with one attached hydrogen (secondary N) is 2. The van der Waals surface area contributed by atoms with Gasteiger partial charge in [-0.3, -0.25) is 4.79 Å². The van der Waals surface area contributed by atoms with Crippen LogP contribution in [0.4, 0.5) is 4.79 Å². The Kier molecular flexibility index (Phi) is 8.24. The molecule has 2 amide bonds. The highest BCUT2D eigenvalue weighted by Gasteiger charge is 2.15. The zero-order valence-corrected chi connectivity index (χ0v) is 14.2. The number of carboxylic acid groups (broad SMARTS) is 1. The first-order valence-corrected chi connectivity index (χ1v) is 7.54. The highest BCUT2D eigenvalue weighted by atomic mass is 16.5. The molecule has 0 unspecified atom stereocenters. The molecule has 8 heteroatoms. The number of rotatable bonds is 10. The summed E-state index contributed by atoms with van der Waals surface area (Å²) in [4.78, 5) is 22.0. The molecule has 134 valence electrons. The van der Waals surface area contributed by atoms with Crippen molar-refractivity contribution < 1.29 is 28.9 Å². The van der Waals surface area contributed by atoms with Crippen LogP contribution >= 0.6 is 0 Å². The Hall–Kier alpha value is -2.64. The van der Waals surface area contributed by atoms with Gasteiger partial charge in [-0.2, -0.15) is 0 Å². The van der Waals surface area contributed by atoms with E-state index in [0.29, 0.717) is 43.2 Å². The first-order valence-electron chi connectivity index (χ1n) is 7.54. The maximum atomic E-state index is 11.6. The van der Waals surface area contributed by atoms with Crippen LogP contribution in [-0.2, 0) is 11.2 Å². The lowest BCUT2D eigenvalue weighted by Gasteiger charge is -2.16. The number of ether oxygens (including phenoxy) is 3. The van der Waals surface area contributed by atoms with Crippen molar-refractivity contribution >= 4 is 12.0 Å². The van der Waals surface area contributed by atoms with Gasteiger partial charge in [0, 0.05) is 25.1 Å². The van der Waals surface area contributed by atoms with Crippen molar-refractivity contribution in [1.29, 1.82) is 0 Å². The van der Waals surface area contributed by atoms with Crippen molar-refractivity contribution in [3.05, 3.63) is 17.7 Å². The van der Waals surface area contributed by atoms with E-state index in [9.17, 15) is 9.59 Å². The van der Waals surface area contributed by atoms with Crippen LogP contribution in [0.1, 0.15) is 18.4 Å². The minimum atomic E-state index is -0.877. The zero-order chi connectivity index (χ0) is 17.9. The lowest BCUT2D eigenvalue weighted by Crippen LogP contribution is -2.37. The molecule has 0 fully saturated rings.